The fraction of sp³-hybridized carbons (Fsp3) is 0.412. The molecular weight excluding hydrogens is 327 g/mol. The van der Waals surface area contributed by atoms with Crippen molar-refractivity contribution < 1.29 is 18.4 Å². The summed E-state index contributed by atoms with van der Waals surface area (Å²) >= 11 is 0. The van der Waals surface area contributed by atoms with E-state index in [4.69, 9.17) is 4.42 Å². The van der Waals surface area contributed by atoms with Crippen LogP contribution in [0.25, 0.3) is 0 Å². The van der Waals surface area contributed by atoms with Crippen molar-refractivity contribution in [2.45, 2.75) is 33.1 Å². The number of benzene rings is 1. The van der Waals surface area contributed by atoms with E-state index in [0.29, 0.717) is 18.1 Å². The van der Waals surface area contributed by atoms with Crippen molar-refractivity contribution in [1.29, 1.82) is 0 Å². The number of amides is 2. The summed E-state index contributed by atoms with van der Waals surface area (Å²) in [4.78, 5) is 25.7. The summed E-state index contributed by atoms with van der Waals surface area (Å²) in [6, 6.07) is 5.74. The van der Waals surface area contributed by atoms with Gasteiger partial charge in [-0.05, 0) is 24.3 Å². The molecule has 1 saturated heterocycles. The first-order valence-electron chi connectivity index (χ1n) is 7.95. The second kappa shape index (κ2) is 6.27. The monoisotopic (exact) mass is 346 g/mol. The third-order valence-corrected chi connectivity index (χ3v) is 3.95. The molecule has 0 spiro atoms. The lowest BCUT2D eigenvalue weighted by Gasteiger charge is -2.16. The summed E-state index contributed by atoms with van der Waals surface area (Å²) in [5.74, 6) is -0.677. The van der Waals surface area contributed by atoms with E-state index in [1.807, 2.05) is 0 Å². The topological polar surface area (TPSA) is 88.3 Å². The number of anilines is 2. The Morgan fingerprint density at radius 3 is 2.60 bits per heavy atom. The van der Waals surface area contributed by atoms with Crippen LogP contribution in [-0.4, -0.2) is 28.6 Å². The van der Waals surface area contributed by atoms with E-state index in [-0.39, 0.29) is 36.0 Å². The van der Waals surface area contributed by atoms with Crippen LogP contribution in [0.3, 0.4) is 0 Å². The van der Waals surface area contributed by atoms with Gasteiger partial charge in [0, 0.05) is 24.1 Å². The van der Waals surface area contributed by atoms with Crippen LogP contribution in [0.1, 0.15) is 39.0 Å². The van der Waals surface area contributed by atoms with Crippen LogP contribution in [0.15, 0.2) is 28.7 Å². The van der Waals surface area contributed by atoms with E-state index in [9.17, 15) is 14.0 Å². The maximum Gasteiger partial charge on any atom is 0.322 e. The van der Waals surface area contributed by atoms with E-state index < -0.39 is 5.41 Å². The molecule has 1 atom stereocenters. The number of halogens is 1. The number of nitrogens with one attached hydrogen (secondary N) is 1. The molecule has 1 N–H and O–H groups in total. The number of nitrogens with zero attached hydrogens (tertiary/aromatic N) is 3. The summed E-state index contributed by atoms with van der Waals surface area (Å²) in [5, 5.41) is 10.3. The molecule has 3 rings (SSSR count). The van der Waals surface area contributed by atoms with Crippen molar-refractivity contribution in [3.8, 4) is 0 Å². The first kappa shape index (κ1) is 17.1. The van der Waals surface area contributed by atoms with Crippen molar-refractivity contribution in [2.24, 2.45) is 5.41 Å². The van der Waals surface area contributed by atoms with Gasteiger partial charge in [0.15, 0.2) is 0 Å². The zero-order valence-corrected chi connectivity index (χ0v) is 14.2. The van der Waals surface area contributed by atoms with Gasteiger partial charge in [-0.25, -0.2) is 4.39 Å². The largest absolute Gasteiger partial charge is 0.407 e. The fourth-order valence-corrected chi connectivity index (χ4v) is 2.48. The molecule has 8 heteroatoms. The van der Waals surface area contributed by atoms with Gasteiger partial charge in [0.25, 0.3) is 0 Å². The molecule has 0 saturated carbocycles. The van der Waals surface area contributed by atoms with Crippen LogP contribution in [0.2, 0.25) is 0 Å². The molecule has 1 aliphatic heterocycles. The zero-order valence-electron chi connectivity index (χ0n) is 14.2. The van der Waals surface area contributed by atoms with Gasteiger partial charge in [-0.1, -0.05) is 25.9 Å². The molecular formula is C17H19FN4O3. The number of carbonyl (C=O) groups is 2. The van der Waals surface area contributed by atoms with Gasteiger partial charge in [-0.3, -0.25) is 14.9 Å². The van der Waals surface area contributed by atoms with Gasteiger partial charge in [0.2, 0.25) is 17.7 Å². The Hall–Kier alpha value is -2.77. The molecule has 1 fully saturated rings. The molecule has 0 bridgehead atoms. The summed E-state index contributed by atoms with van der Waals surface area (Å²) in [7, 11) is 0. The lowest BCUT2D eigenvalue weighted by Crippen LogP contribution is -2.27. The Kier molecular flexibility index (Phi) is 4.28. The van der Waals surface area contributed by atoms with E-state index in [2.05, 4.69) is 15.5 Å². The van der Waals surface area contributed by atoms with E-state index in [1.165, 1.54) is 12.1 Å². The zero-order chi connectivity index (χ0) is 18.2. The summed E-state index contributed by atoms with van der Waals surface area (Å²) in [6.45, 7) is 5.68. The molecule has 7 nitrogen and oxygen atoms in total. The van der Waals surface area contributed by atoms with E-state index in [1.54, 1.807) is 37.8 Å². The molecule has 2 aromatic rings. The number of rotatable bonds is 3. The predicted molar refractivity (Wildman–Crippen MR) is 88.5 cm³/mol. The van der Waals surface area contributed by atoms with Gasteiger partial charge in [-0.15, -0.1) is 5.10 Å². The Bertz CT molecular complexity index is 795. The van der Waals surface area contributed by atoms with Crippen LogP contribution in [0.4, 0.5) is 16.1 Å². The van der Waals surface area contributed by atoms with Gasteiger partial charge in [0.05, 0.1) is 5.92 Å². The molecule has 0 radical (unpaired) electrons. The van der Waals surface area contributed by atoms with Crippen molar-refractivity contribution in [2.75, 3.05) is 16.8 Å². The Labute approximate surface area is 144 Å². The Morgan fingerprint density at radius 2 is 1.96 bits per heavy atom. The summed E-state index contributed by atoms with van der Waals surface area (Å²) in [5.41, 5.74) is 0.0341. The average molecular weight is 346 g/mol. The summed E-state index contributed by atoms with van der Waals surface area (Å²) in [6.07, 6.45) is 0.215. The molecule has 25 heavy (non-hydrogen) atoms. The lowest BCUT2D eigenvalue weighted by molar-refractivity contribution is -0.123. The maximum atomic E-state index is 13.0. The van der Waals surface area contributed by atoms with Crippen molar-refractivity contribution in [3.63, 3.8) is 0 Å². The Morgan fingerprint density at radius 1 is 1.28 bits per heavy atom. The van der Waals surface area contributed by atoms with Crippen LogP contribution >= 0.6 is 0 Å². The molecule has 2 amide bonds. The minimum atomic E-state index is -0.586. The van der Waals surface area contributed by atoms with E-state index in [0.717, 1.165) is 0 Å². The highest BCUT2D eigenvalue weighted by molar-refractivity contribution is 5.96. The number of carbonyl (C=O) groups excluding carboxylic acids is 2. The molecule has 1 aromatic heterocycles. The van der Waals surface area contributed by atoms with Gasteiger partial charge < -0.3 is 9.32 Å². The van der Waals surface area contributed by atoms with Crippen LogP contribution in [0.5, 0.6) is 0 Å². The smallest absolute Gasteiger partial charge is 0.322 e. The van der Waals surface area contributed by atoms with Gasteiger partial charge in [0.1, 0.15) is 5.82 Å². The molecule has 2 heterocycles. The molecule has 1 unspecified atom stereocenters. The number of hydrogen-bond donors (Lipinski definition) is 1. The average Bonchev–Trinajstić information content (AvgIpc) is 3.14. The first-order chi connectivity index (χ1) is 11.7. The second-order valence-electron chi connectivity index (χ2n) is 7.03. The molecule has 1 aliphatic rings. The van der Waals surface area contributed by atoms with Crippen LogP contribution in [0, 0.1) is 11.2 Å². The molecule has 0 aliphatic carbocycles. The number of aromatic nitrogens is 2. The second-order valence-corrected chi connectivity index (χ2v) is 7.03. The molecule has 1 aromatic carbocycles. The standard InChI is InChI=1S/C17H19FN4O3/c1-17(2,3)15(24)19-16-21-20-14(25-16)10-8-13(23)22(9-10)12-6-4-11(18)5-7-12/h4-7,10H,8-9H2,1-3H3,(H,19,21,24). The van der Waals surface area contributed by atoms with Gasteiger partial charge in [-0.2, -0.15) is 0 Å². The van der Waals surface area contributed by atoms with Crippen molar-refractivity contribution >= 4 is 23.5 Å². The predicted octanol–water partition coefficient (Wildman–Crippen LogP) is 2.71. The van der Waals surface area contributed by atoms with E-state index >= 15 is 0 Å². The highest BCUT2D eigenvalue weighted by Gasteiger charge is 2.35. The first-order valence-corrected chi connectivity index (χ1v) is 7.95. The maximum absolute atomic E-state index is 13.0. The van der Waals surface area contributed by atoms with Crippen LogP contribution < -0.4 is 10.2 Å². The quantitative estimate of drug-likeness (QED) is 0.923. The third-order valence-electron chi connectivity index (χ3n) is 3.95. The van der Waals surface area contributed by atoms with Crippen LogP contribution in [-0.2, 0) is 9.59 Å². The highest BCUT2D eigenvalue weighted by Crippen LogP contribution is 2.32. The van der Waals surface area contributed by atoms with Crippen molar-refractivity contribution in [3.05, 3.63) is 36.0 Å². The Balaban J connectivity index is 1.70. The highest BCUT2D eigenvalue weighted by atomic mass is 19.1. The minimum absolute atomic E-state index is 0.0163. The minimum Gasteiger partial charge on any atom is -0.407 e. The fourth-order valence-electron chi connectivity index (χ4n) is 2.48. The number of hydrogen-bond acceptors (Lipinski definition) is 5. The lowest BCUT2D eigenvalue weighted by atomic mass is 9.96. The SMILES string of the molecule is CC(C)(C)C(=O)Nc1nnc(C2CC(=O)N(c3ccc(F)cc3)C2)o1. The van der Waals surface area contributed by atoms with Gasteiger partial charge >= 0.3 is 6.01 Å². The third kappa shape index (κ3) is 3.67. The molecule has 132 valence electrons. The normalized spacial score (nSPS) is 17.8. The van der Waals surface area contributed by atoms with Crippen molar-refractivity contribution in [1.82, 2.24) is 10.2 Å². The summed E-state index contributed by atoms with van der Waals surface area (Å²) < 4.78 is 18.5.